The van der Waals surface area contributed by atoms with Gasteiger partial charge in [-0.25, -0.2) is 4.79 Å². The van der Waals surface area contributed by atoms with Crippen LogP contribution in [0.3, 0.4) is 0 Å². The molecule has 0 aromatic rings. The minimum absolute atomic E-state index is 0.0768. The van der Waals surface area contributed by atoms with Crippen molar-refractivity contribution in [2.45, 2.75) is 193 Å². The van der Waals surface area contributed by atoms with E-state index in [-0.39, 0.29) is 26.1 Å². The van der Waals surface area contributed by atoms with E-state index in [1.54, 1.807) is 0 Å². The molecule has 0 fully saturated rings. The number of nitrogens with one attached hydrogen (secondary N) is 1. The Morgan fingerprint density at radius 3 is 1.31 bits per heavy atom. The van der Waals surface area contributed by atoms with Crippen LogP contribution in [0.4, 0.5) is 4.79 Å². The number of amides is 1. The van der Waals surface area contributed by atoms with Gasteiger partial charge in [-0.2, -0.15) is 0 Å². The first-order valence-corrected chi connectivity index (χ1v) is 21.2. The molecule has 0 spiro atoms. The molecule has 0 aromatic heterocycles. The topological polar surface area (TPSA) is 100 Å². The van der Waals surface area contributed by atoms with Crippen molar-refractivity contribution in [1.82, 2.24) is 5.32 Å². The number of ether oxygens (including phenoxy) is 4. The normalized spacial score (nSPS) is 12.2. The lowest BCUT2D eigenvalue weighted by atomic mass is 10.1. The van der Waals surface area contributed by atoms with Gasteiger partial charge in [0, 0.05) is 7.11 Å². The van der Waals surface area contributed by atoms with Gasteiger partial charge in [-0.1, -0.05) is 140 Å². The maximum absolute atomic E-state index is 12.6. The smallest absolute Gasteiger partial charge is 0.407 e. The fraction of sp³-hybridized carbons (Fsp3) is 0.795. The molecule has 0 aromatic carbocycles. The quantitative estimate of drug-likeness (QED) is 0.0292. The summed E-state index contributed by atoms with van der Waals surface area (Å²) in [5.74, 6) is -0.896. The molecule has 1 atom stereocenters. The summed E-state index contributed by atoms with van der Waals surface area (Å²) in [7, 11) is 1.52. The minimum atomic E-state index is -0.763. The molecule has 0 rings (SSSR count). The summed E-state index contributed by atoms with van der Waals surface area (Å²) in [6.45, 7) is 5.49. The molecule has 8 heteroatoms. The van der Waals surface area contributed by atoms with E-state index < -0.39 is 24.1 Å². The van der Waals surface area contributed by atoms with Crippen LogP contribution in [0.2, 0.25) is 0 Å². The van der Waals surface area contributed by atoms with Crippen LogP contribution in [0.1, 0.15) is 187 Å². The molecule has 0 bridgehead atoms. The zero-order valence-electron chi connectivity index (χ0n) is 33.8. The van der Waals surface area contributed by atoms with Crippen LogP contribution in [0.5, 0.6) is 0 Å². The molecule has 1 N–H and O–H groups in total. The highest BCUT2D eigenvalue weighted by Crippen LogP contribution is 2.12. The first-order valence-electron chi connectivity index (χ1n) is 21.2. The van der Waals surface area contributed by atoms with Crippen molar-refractivity contribution >= 4 is 18.0 Å². The number of methoxy groups -OCH3 is 1. The molecule has 0 saturated carbocycles. The van der Waals surface area contributed by atoms with Crippen molar-refractivity contribution < 1.29 is 33.3 Å². The summed E-state index contributed by atoms with van der Waals surface area (Å²) in [5, 5.41) is 2.62. The Labute approximate surface area is 319 Å². The van der Waals surface area contributed by atoms with Crippen molar-refractivity contribution in [3.8, 4) is 0 Å². The number of hydrogen-bond donors (Lipinski definition) is 1. The summed E-state index contributed by atoms with van der Waals surface area (Å²) in [6.07, 6.45) is 42.2. The monoisotopic (exact) mass is 734 g/mol. The van der Waals surface area contributed by atoms with Crippen molar-refractivity contribution in [3.05, 3.63) is 36.5 Å². The summed E-state index contributed by atoms with van der Waals surface area (Å²) in [4.78, 5) is 37.3. The van der Waals surface area contributed by atoms with E-state index in [2.05, 4.69) is 55.6 Å². The van der Waals surface area contributed by atoms with Gasteiger partial charge in [0.15, 0.2) is 0 Å². The summed E-state index contributed by atoms with van der Waals surface area (Å²) < 4.78 is 20.8. The van der Waals surface area contributed by atoms with Gasteiger partial charge < -0.3 is 24.3 Å². The average molecular weight is 734 g/mol. The third-order valence-corrected chi connectivity index (χ3v) is 8.95. The van der Waals surface area contributed by atoms with Gasteiger partial charge in [0.25, 0.3) is 0 Å². The fourth-order valence-electron chi connectivity index (χ4n) is 5.76. The van der Waals surface area contributed by atoms with Crippen LogP contribution in [-0.4, -0.2) is 57.6 Å². The lowest BCUT2D eigenvalue weighted by molar-refractivity contribution is -0.146. The molecule has 0 saturated heterocycles. The summed E-state index contributed by atoms with van der Waals surface area (Å²) in [5.41, 5.74) is 0. The van der Waals surface area contributed by atoms with Gasteiger partial charge in [0.05, 0.1) is 38.7 Å². The van der Waals surface area contributed by atoms with E-state index in [1.807, 2.05) is 0 Å². The third-order valence-electron chi connectivity index (χ3n) is 8.95. The third kappa shape index (κ3) is 38.6. The number of rotatable bonds is 38. The van der Waals surface area contributed by atoms with E-state index in [9.17, 15) is 14.4 Å². The standard InChI is InChI=1S/C44H79NO7/c1-4-6-8-10-12-14-16-18-20-22-24-26-28-30-32-34-36-51-43(47)40-41(45-44(48)52-38-37-49-3)39-42(46)50-35-33-31-29-27-25-23-21-19-17-15-13-11-9-7-5-2/h12,14,17-20,41H,4-11,13,15-16,21-40H2,1-3H3,(H,45,48)/b14-12-,19-17-,20-18-. The SMILES string of the molecule is CCCCC/C=C\C/C=C\CCCCCCCCOC(=O)CC(CC(=O)OCCCCCCCC/C=C\CCCCCCC)NC(=O)OCCOC. The zero-order chi connectivity index (χ0) is 38.0. The van der Waals surface area contributed by atoms with E-state index >= 15 is 0 Å². The van der Waals surface area contributed by atoms with E-state index in [0.717, 1.165) is 57.8 Å². The summed E-state index contributed by atoms with van der Waals surface area (Å²) in [6, 6.07) is -0.763. The van der Waals surface area contributed by atoms with Crippen LogP contribution in [0.25, 0.3) is 0 Å². The Bertz CT molecular complexity index is 901. The molecule has 52 heavy (non-hydrogen) atoms. The molecule has 1 amide bonds. The van der Waals surface area contributed by atoms with Crippen LogP contribution in [0.15, 0.2) is 36.5 Å². The van der Waals surface area contributed by atoms with Crippen LogP contribution in [-0.2, 0) is 28.5 Å². The first kappa shape index (κ1) is 49.4. The zero-order valence-corrected chi connectivity index (χ0v) is 33.8. The molecular formula is C44H79NO7. The Morgan fingerprint density at radius 1 is 0.462 bits per heavy atom. The number of carbonyl (C=O) groups is 3. The van der Waals surface area contributed by atoms with Crippen LogP contribution < -0.4 is 5.32 Å². The molecular weight excluding hydrogens is 654 g/mol. The van der Waals surface area contributed by atoms with Crippen molar-refractivity contribution in [2.24, 2.45) is 0 Å². The molecule has 0 heterocycles. The maximum Gasteiger partial charge on any atom is 0.407 e. The van der Waals surface area contributed by atoms with Crippen molar-refractivity contribution in [3.63, 3.8) is 0 Å². The maximum atomic E-state index is 12.6. The Kier molecular flexibility index (Phi) is 39.1. The van der Waals surface area contributed by atoms with Gasteiger partial charge in [0.2, 0.25) is 0 Å². The predicted molar refractivity (Wildman–Crippen MR) is 215 cm³/mol. The molecule has 0 aliphatic heterocycles. The fourth-order valence-corrected chi connectivity index (χ4v) is 5.76. The predicted octanol–water partition coefficient (Wildman–Crippen LogP) is 12.1. The van der Waals surface area contributed by atoms with Gasteiger partial charge in [-0.15, -0.1) is 0 Å². The van der Waals surface area contributed by atoms with E-state index in [4.69, 9.17) is 18.9 Å². The molecule has 8 nitrogen and oxygen atoms in total. The molecule has 0 aliphatic carbocycles. The van der Waals surface area contributed by atoms with Gasteiger partial charge in [-0.3, -0.25) is 9.59 Å². The number of hydrogen-bond acceptors (Lipinski definition) is 7. The molecule has 0 radical (unpaired) electrons. The van der Waals surface area contributed by atoms with E-state index in [0.29, 0.717) is 13.2 Å². The Balaban J connectivity index is 4.09. The highest BCUT2D eigenvalue weighted by Gasteiger charge is 2.22. The molecule has 1 unspecified atom stereocenters. The number of allylic oxidation sites excluding steroid dienone is 6. The van der Waals surface area contributed by atoms with E-state index in [1.165, 1.54) is 110 Å². The first-order chi connectivity index (χ1) is 25.5. The minimum Gasteiger partial charge on any atom is -0.466 e. The highest BCUT2D eigenvalue weighted by atomic mass is 16.6. The second-order valence-corrected chi connectivity index (χ2v) is 14.0. The molecule has 302 valence electrons. The number of unbranched alkanes of at least 4 members (excludes halogenated alkanes) is 20. The number of alkyl carbamates (subject to hydrolysis) is 1. The number of carbonyl (C=O) groups excluding carboxylic acids is 3. The Hall–Kier alpha value is -2.61. The van der Waals surface area contributed by atoms with Crippen LogP contribution >= 0.6 is 0 Å². The lowest BCUT2D eigenvalue weighted by Crippen LogP contribution is -2.39. The van der Waals surface area contributed by atoms with Crippen molar-refractivity contribution in [1.29, 1.82) is 0 Å². The lowest BCUT2D eigenvalue weighted by Gasteiger charge is -2.17. The average Bonchev–Trinajstić information content (AvgIpc) is 3.12. The van der Waals surface area contributed by atoms with Gasteiger partial charge in [0.1, 0.15) is 6.61 Å². The van der Waals surface area contributed by atoms with Crippen LogP contribution in [0, 0.1) is 0 Å². The summed E-state index contributed by atoms with van der Waals surface area (Å²) >= 11 is 0. The largest absolute Gasteiger partial charge is 0.466 e. The second-order valence-electron chi connectivity index (χ2n) is 14.0. The Morgan fingerprint density at radius 2 is 0.846 bits per heavy atom. The van der Waals surface area contributed by atoms with Gasteiger partial charge in [-0.05, 0) is 70.6 Å². The van der Waals surface area contributed by atoms with Crippen molar-refractivity contribution in [2.75, 3.05) is 33.5 Å². The molecule has 0 aliphatic rings. The second kappa shape index (κ2) is 41.2. The number of esters is 2. The highest BCUT2D eigenvalue weighted by molar-refractivity contribution is 5.76. The van der Waals surface area contributed by atoms with Gasteiger partial charge >= 0.3 is 18.0 Å².